The van der Waals surface area contributed by atoms with Crippen molar-refractivity contribution >= 4 is 18.2 Å². The number of carbonyl (C=O) groups is 1. The molecule has 4 nitrogen and oxygen atoms in total. The van der Waals surface area contributed by atoms with Gasteiger partial charge in [-0.15, -0.1) is 0 Å². The van der Waals surface area contributed by atoms with Gasteiger partial charge in [-0.2, -0.15) is 0 Å². The van der Waals surface area contributed by atoms with E-state index in [0.717, 1.165) is 5.82 Å². The molecule has 0 N–H and O–H groups in total. The van der Waals surface area contributed by atoms with Gasteiger partial charge >= 0.3 is 0 Å². The lowest BCUT2D eigenvalue weighted by atomic mass is 10.2. The minimum absolute atomic E-state index is 0.192. The van der Waals surface area contributed by atoms with Crippen LogP contribution < -0.4 is 9.64 Å². The summed E-state index contributed by atoms with van der Waals surface area (Å²) < 4.78 is 19.3. The Balaban J connectivity index is 1.89. The molecule has 0 aliphatic rings. The van der Waals surface area contributed by atoms with E-state index in [1.54, 1.807) is 18.3 Å². The Morgan fingerprint density at radius 1 is 1.32 bits per heavy atom. The van der Waals surface area contributed by atoms with E-state index in [1.807, 2.05) is 30.1 Å². The first kappa shape index (κ1) is 15.7. The van der Waals surface area contributed by atoms with Crippen molar-refractivity contribution in [2.75, 3.05) is 25.1 Å². The molecule has 0 saturated carbocycles. The average molecular weight is 300 g/mol. The monoisotopic (exact) mass is 300 g/mol. The van der Waals surface area contributed by atoms with Gasteiger partial charge in [-0.1, -0.05) is 18.2 Å². The van der Waals surface area contributed by atoms with Crippen molar-refractivity contribution in [2.24, 2.45) is 0 Å². The second-order valence-electron chi connectivity index (χ2n) is 4.64. The van der Waals surface area contributed by atoms with Crippen molar-refractivity contribution in [3.05, 3.63) is 60.1 Å². The molecule has 1 aromatic carbocycles. The van der Waals surface area contributed by atoms with Crippen LogP contribution in [0.25, 0.3) is 6.08 Å². The molecule has 0 aliphatic heterocycles. The lowest BCUT2D eigenvalue weighted by Crippen LogP contribution is -2.24. The van der Waals surface area contributed by atoms with E-state index in [4.69, 9.17) is 4.74 Å². The van der Waals surface area contributed by atoms with Crippen LogP contribution in [0, 0.1) is 5.82 Å². The second kappa shape index (κ2) is 7.93. The number of carbonyl (C=O) groups excluding carboxylic acids is 1. The Kier molecular flexibility index (Phi) is 5.65. The molecule has 0 amide bonds. The lowest BCUT2D eigenvalue weighted by Gasteiger charge is -2.18. The molecule has 0 atom stereocenters. The summed E-state index contributed by atoms with van der Waals surface area (Å²) in [6.07, 6.45) is 5.22. The van der Waals surface area contributed by atoms with Crippen molar-refractivity contribution in [1.82, 2.24) is 4.98 Å². The van der Waals surface area contributed by atoms with Crippen molar-refractivity contribution in [3.63, 3.8) is 0 Å². The zero-order valence-electron chi connectivity index (χ0n) is 12.3. The highest BCUT2D eigenvalue weighted by Crippen LogP contribution is 2.19. The molecule has 0 spiro atoms. The van der Waals surface area contributed by atoms with Crippen molar-refractivity contribution in [2.45, 2.75) is 0 Å². The van der Waals surface area contributed by atoms with Crippen LogP contribution in [0.1, 0.15) is 5.56 Å². The number of pyridine rings is 1. The third kappa shape index (κ3) is 4.41. The molecule has 1 heterocycles. The first-order chi connectivity index (χ1) is 10.7. The minimum Gasteiger partial charge on any atom is -0.489 e. The summed E-state index contributed by atoms with van der Waals surface area (Å²) in [5.41, 5.74) is 0.613. The topological polar surface area (TPSA) is 42.4 Å². The van der Waals surface area contributed by atoms with Crippen LogP contribution in [0.3, 0.4) is 0 Å². The van der Waals surface area contributed by atoms with Crippen LogP contribution in [0.5, 0.6) is 5.75 Å². The van der Waals surface area contributed by atoms with E-state index in [0.29, 0.717) is 25.0 Å². The molecule has 0 radical (unpaired) electrons. The largest absolute Gasteiger partial charge is 0.489 e. The molecule has 1 aromatic heterocycles. The summed E-state index contributed by atoms with van der Waals surface area (Å²) >= 11 is 0. The van der Waals surface area contributed by atoms with E-state index < -0.39 is 5.82 Å². The summed E-state index contributed by atoms with van der Waals surface area (Å²) in [5.74, 6) is 0.576. The van der Waals surface area contributed by atoms with Gasteiger partial charge in [-0.05, 0) is 35.9 Å². The van der Waals surface area contributed by atoms with Crippen LogP contribution in [0.15, 0.2) is 48.7 Å². The zero-order valence-corrected chi connectivity index (χ0v) is 12.3. The van der Waals surface area contributed by atoms with Crippen molar-refractivity contribution in [1.29, 1.82) is 0 Å². The molecule has 0 saturated heterocycles. The average Bonchev–Trinajstić information content (AvgIpc) is 2.55. The van der Waals surface area contributed by atoms with E-state index in [-0.39, 0.29) is 5.75 Å². The maximum Gasteiger partial charge on any atom is 0.165 e. The van der Waals surface area contributed by atoms with Gasteiger partial charge in [-0.25, -0.2) is 9.37 Å². The van der Waals surface area contributed by atoms with Gasteiger partial charge in [0, 0.05) is 13.2 Å². The SMILES string of the molecule is CN(CCOc1ccc(/C=C/C=O)cc1F)c1ccccn1. The lowest BCUT2D eigenvalue weighted by molar-refractivity contribution is -0.104. The molecule has 0 unspecified atom stereocenters. The van der Waals surface area contributed by atoms with E-state index in [9.17, 15) is 9.18 Å². The third-order valence-electron chi connectivity index (χ3n) is 3.05. The van der Waals surface area contributed by atoms with Gasteiger partial charge in [0.2, 0.25) is 0 Å². The number of allylic oxidation sites excluding steroid dienone is 1. The number of hydrogen-bond acceptors (Lipinski definition) is 4. The van der Waals surface area contributed by atoms with E-state index in [1.165, 1.54) is 18.2 Å². The minimum atomic E-state index is -0.450. The number of halogens is 1. The van der Waals surface area contributed by atoms with Crippen molar-refractivity contribution in [3.8, 4) is 5.75 Å². The van der Waals surface area contributed by atoms with Crippen molar-refractivity contribution < 1.29 is 13.9 Å². The Bertz CT molecular complexity index is 644. The fraction of sp³-hybridized carbons (Fsp3) is 0.176. The van der Waals surface area contributed by atoms with Gasteiger partial charge in [0.05, 0.1) is 6.54 Å². The number of nitrogens with zero attached hydrogens (tertiary/aromatic N) is 2. The van der Waals surface area contributed by atoms with Crippen LogP contribution in [-0.2, 0) is 4.79 Å². The molecule has 2 rings (SSSR count). The molecule has 0 aliphatic carbocycles. The Hall–Kier alpha value is -2.69. The highest BCUT2D eigenvalue weighted by atomic mass is 19.1. The zero-order chi connectivity index (χ0) is 15.8. The second-order valence-corrected chi connectivity index (χ2v) is 4.64. The van der Waals surface area contributed by atoms with Gasteiger partial charge in [0.25, 0.3) is 0 Å². The van der Waals surface area contributed by atoms with Crippen LogP contribution >= 0.6 is 0 Å². The molecule has 22 heavy (non-hydrogen) atoms. The van der Waals surface area contributed by atoms with Gasteiger partial charge < -0.3 is 9.64 Å². The standard InChI is InChI=1S/C17H17FN2O2/c1-20(17-6-2-3-9-19-17)10-12-22-16-8-7-14(5-4-11-21)13-15(16)18/h2-9,11,13H,10,12H2,1H3/b5-4+. The summed E-state index contributed by atoms with van der Waals surface area (Å²) in [6.45, 7) is 0.927. The fourth-order valence-electron chi connectivity index (χ4n) is 1.87. The van der Waals surface area contributed by atoms with E-state index >= 15 is 0 Å². The van der Waals surface area contributed by atoms with Crippen LogP contribution in [0.4, 0.5) is 10.2 Å². The van der Waals surface area contributed by atoms with Crippen LogP contribution in [0.2, 0.25) is 0 Å². The highest BCUT2D eigenvalue weighted by molar-refractivity contribution is 5.73. The van der Waals surface area contributed by atoms with Gasteiger partial charge in [0.15, 0.2) is 11.6 Å². The van der Waals surface area contributed by atoms with Crippen LogP contribution in [-0.4, -0.2) is 31.5 Å². The normalized spacial score (nSPS) is 10.6. The summed E-state index contributed by atoms with van der Waals surface area (Å²) in [5, 5.41) is 0. The Morgan fingerprint density at radius 3 is 2.86 bits per heavy atom. The Labute approximate surface area is 128 Å². The molecule has 2 aromatic rings. The quantitative estimate of drug-likeness (QED) is 0.582. The third-order valence-corrected chi connectivity index (χ3v) is 3.05. The van der Waals surface area contributed by atoms with Gasteiger partial charge in [0.1, 0.15) is 18.7 Å². The molecule has 5 heteroatoms. The fourth-order valence-corrected chi connectivity index (χ4v) is 1.87. The molecule has 0 fully saturated rings. The number of aromatic nitrogens is 1. The number of ether oxygens (including phenoxy) is 1. The molecule has 0 bridgehead atoms. The number of likely N-dealkylation sites (N-methyl/N-ethyl adjacent to an activating group) is 1. The Morgan fingerprint density at radius 2 is 2.18 bits per heavy atom. The first-order valence-electron chi connectivity index (χ1n) is 6.87. The smallest absolute Gasteiger partial charge is 0.165 e. The molecular weight excluding hydrogens is 283 g/mol. The van der Waals surface area contributed by atoms with Gasteiger partial charge in [-0.3, -0.25) is 4.79 Å². The highest BCUT2D eigenvalue weighted by Gasteiger charge is 2.05. The molecule has 114 valence electrons. The summed E-state index contributed by atoms with van der Waals surface area (Å²) in [7, 11) is 1.90. The first-order valence-corrected chi connectivity index (χ1v) is 6.87. The maximum absolute atomic E-state index is 13.9. The predicted octanol–water partition coefficient (Wildman–Crippen LogP) is 2.95. The molecular formula is C17H17FN2O2. The summed E-state index contributed by atoms with van der Waals surface area (Å²) in [6, 6.07) is 10.2. The van der Waals surface area contributed by atoms with E-state index in [2.05, 4.69) is 4.98 Å². The number of anilines is 1. The number of benzene rings is 1. The number of hydrogen-bond donors (Lipinski definition) is 0. The number of rotatable bonds is 7. The maximum atomic E-state index is 13.9. The number of aldehydes is 1. The summed E-state index contributed by atoms with van der Waals surface area (Å²) in [4.78, 5) is 16.4. The predicted molar refractivity (Wildman–Crippen MR) is 84.5 cm³/mol.